The van der Waals surface area contributed by atoms with E-state index in [2.05, 4.69) is 35.1 Å². The van der Waals surface area contributed by atoms with Gasteiger partial charge in [-0.05, 0) is 43.4 Å². The normalized spacial score (nSPS) is 20.9. The fourth-order valence-electron chi connectivity index (χ4n) is 2.41. The van der Waals surface area contributed by atoms with Crippen molar-refractivity contribution in [3.63, 3.8) is 0 Å². The van der Waals surface area contributed by atoms with E-state index in [1.165, 1.54) is 18.4 Å². The molecule has 1 N–H and O–H groups in total. The molecule has 0 bridgehead atoms. The molecular weight excluding hydrogens is 212 g/mol. The predicted molar refractivity (Wildman–Crippen MR) is 68.0 cm³/mol. The van der Waals surface area contributed by atoms with E-state index in [1.807, 2.05) is 0 Å². The maximum absolute atomic E-state index is 5.76. The molecule has 1 fully saturated rings. The van der Waals surface area contributed by atoms with Crippen molar-refractivity contribution in [2.75, 3.05) is 6.61 Å². The molecule has 1 unspecified atom stereocenters. The van der Waals surface area contributed by atoms with Crippen molar-refractivity contribution in [2.24, 2.45) is 0 Å². The molecule has 2 heterocycles. The number of aromatic amines is 1. The summed E-state index contributed by atoms with van der Waals surface area (Å²) >= 11 is 0. The van der Waals surface area contributed by atoms with Crippen LogP contribution in [0.1, 0.15) is 43.7 Å². The van der Waals surface area contributed by atoms with E-state index < -0.39 is 0 Å². The second-order valence-corrected chi connectivity index (χ2v) is 4.68. The topological polar surface area (TPSA) is 37.9 Å². The molecule has 3 heteroatoms. The Labute approximate surface area is 101 Å². The summed E-state index contributed by atoms with van der Waals surface area (Å²) in [4.78, 5) is 8.04. The standard InChI is InChI=1S/C14H18N2O/c1-2-10-6-7-11-12(9-10)16-14(15-11)13-5-3-4-8-17-13/h6-7,9,13H,2-5,8H2,1H3,(H,15,16). The fraction of sp³-hybridized carbons (Fsp3) is 0.500. The van der Waals surface area contributed by atoms with E-state index >= 15 is 0 Å². The first-order valence-electron chi connectivity index (χ1n) is 6.47. The number of nitrogens with one attached hydrogen (secondary N) is 1. The number of hydrogen-bond donors (Lipinski definition) is 1. The van der Waals surface area contributed by atoms with Gasteiger partial charge in [-0.25, -0.2) is 4.98 Å². The van der Waals surface area contributed by atoms with Gasteiger partial charge in [-0.1, -0.05) is 13.0 Å². The largest absolute Gasteiger partial charge is 0.370 e. The molecule has 0 aliphatic carbocycles. The van der Waals surface area contributed by atoms with Gasteiger partial charge in [-0.2, -0.15) is 0 Å². The van der Waals surface area contributed by atoms with Gasteiger partial charge in [0.05, 0.1) is 11.0 Å². The smallest absolute Gasteiger partial charge is 0.136 e. The molecule has 0 spiro atoms. The number of rotatable bonds is 2. The highest BCUT2D eigenvalue weighted by atomic mass is 16.5. The zero-order valence-electron chi connectivity index (χ0n) is 10.2. The van der Waals surface area contributed by atoms with Gasteiger partial charge >= 0.3 is 0 Å². The lowest BCUT2D eigenvalue weighted by molar-refractivity contribution is 0.0101. The molecule has 2 aromatic rings. The van der Waals surface area contributed by atoms with E-state index in [9.17, 15) is 0 Å². The van der Waals surface area contributed by atoms with E-state index in [0.717, 1.165) is 36.3 Å². The summed E-state index contributed by atoms with van der Waals surface area (Å²) in [6, 6.07) is 6.43. The second kappa shape index (κ2) is 4.49. The summed E-state index contributed by atoms with van der Waals surface area (Å²) < 4.78 is 5.76. The van der Waals surface area contributed by atoms with Gasteiger partial charge < -0.3 is 9.72 Å². The minimum Gasteiger partial charge on any atom is -0.370 e. The number of hydrogen-bond acceptors (Lipinski definition) is 2. The molecule has 1 aromatic carbocycles. The van der Waals surface area contributed by atoms with Gasteiger partial charge in [0.25, 0.3) is 0 Å². The Balaban J connectivity index is 1.95. The molecule has 0 amide bonds. The van der Waals surface area contributed by atoms with Crippen molar-refractivity contribution in [1.82, 2.24) is 9.97 Å². The second-order valence-electron chi connectivity index (χ2n) is 4.68. The third-order valence-electron chi connectivity index (χ3n) is 3.46. The zero-order chi connectivity index (χ0) is 11.7. The first-order chi connectivity index (χ1) is 8.36. The highest BCUT2D eigenvalue weighted by Gasteiger charge is 2.19. The van der Waals surface area contributed by atoms with Crippen LogP contribution in [0.25, 0.3) is 11.0 Å². The average molecular weight is 230 g/mol. The first kappa shape index (κ1) is 10.8. The lowest BCUT2D eigenvalue weighted by Gasteiger charge is -2.20. The summed E-state index contributed by atoms with van der Waals surface area (Å²) in [6.45, 7) is 3.03. The Hall–Kier alpha value is -1.35. The summed E-state index contributed by atoms with van der Waals surface area (Å²) in [6.07, 6.45) is 4.73. The van der Waals surface area contributed by atoms with E-state index in [1.54, 1.807) is 0 Å². The molecule has 0 radical (unpaired) electrons. The number of aromatic nitrogens is 2. The SMILES string of the molecule is CCc1ccc2nc(C3CCCCO3)[nH]c2c1. The van der Waals surface area contributed by atoms with E-state index in [4.69, 9.17) is 4.74 Å². The molecule has 1 saturated heterocycles. The number of imidazole rings is 1. The van der Waals surface area contributed by atoms with Crippen molar-refractivity contribution < 1.29 is 4.74 Å². The Bertz CT molecular complexity index is 512. The van der Waals surface area contributed by atoms with Crippen LogP contribution in [0.5, 0.6) is 0 Å². The lowest BCUT2D eigenvalue weighted by Crippen LogP contribution is -2.12. The van der Waals surface area contributed by atoms with Crippen LogP contribution >= 0.6 is 0 Å². The first-order valence-corrected chi connectivity index (χ1v) is 6.47. The van der Waals surface area contributed by atoms with Gasteiger partial charge in [-0.15, -0.1) is 0 Å². The minimum absolute atomic E-state index is 0.168. The Morgan fingerprint density at radius 3 is 3.12 bits per heavy atom. The number of aryl methyl sites for hydroxylation is 1. The summed E-state index contributed by atoms with van der Waals surface area (Å²) in [7, 11) is 0. The van der Waals surface area contributed by atoms with E-state index in [-0.39, 0.29) is 6.10 Å². The molecule has 1 aromatic heterocycles. The maximum Gasteiger partial charge on any atom is 0.136 e. The van der Waals surface area contributed by atoms with Crippen molar-refractivity contribution in [3.8, 4) is 0 Å². The Morgan fingerprint density at radius 2 is 2.35 bits per heavy atom. The van der Waals surface area contributed by atoms with Crippen molar-refractivity contribution in [3.05, 3.63) is 29.6 Å². The van der Waals surface area contributed by atoms with Crippen LogP contribution < -0.4 is 0 Å². The van der Waals surface area contributed by atoms with Crippen molar-refractivity contribution in [1.29, 1.82) is 0 Å². The van der Waals surface area contributed by atoms with Crippen LogP contribution in [-0.2, 0) is 11.2 Å². The van der Waals surface area contributed by atoms with Crippen LogP contribution in [-0.4, -0.2) is 16.6 Å². The van der Waals surface area contributed by atoms with Gasteiger partial charge in [0, 0.05) is 6.61 Å². The Kier molecular flexibility index (Phi) is 2.85. The number of nitrogens with zero attached hydrogens (tertiary/aromatic N) is 1. The quantitative estimate of drug-likeness (QED) is 0.859. The fourth-order valence-corrected chi connectivity index (χ4v) is 2.41. The van der Waals surface area contributed by atoms with Crippen LogP contribution in [0, 0.1) is 0 Å². The van der Waals surface area contributed by atoms with Crippen molar-refractivity contribution in [2.45, 2.75) is 38.7 Å². The maximum atomic E-state index is 5.76. The number of fused-ring (bicyclic) bond motifs is 1. The number of H-pyrrole nitrogens is 1. The third kappa shape index (κ3) is 2.07. The van der Waals surface area contributed by atoms with Crippen LogP contribution in [0.15, 0.2) is 18.2 Å². The molecule has 3 nitrogen and oxygen atoms in total. The van der Waals surface area contributed by atoms with Gasteiger partial charge in [0.2, 0.25) is 0 Å². The van der Waals surface area contributed by atoms with Crippen LogP contribution in [0.4, 0.5) is 0 Å². The summed E-state index contributed by atoms with van der Waals surface area (Å²) in [5, 5.41) is 0. The van der Waals surface area contributed by atoms with Crippen LogP contribution in [0.2, 0.25) is 0 Å². The predicted octanol–water partition coefficient (Wildman–Crippen LogP) is 3.37. The van der Waals surface area contributed by atoms with Gasteiger partial charge in [0.1, 0.15) is 11.9 Å². The molecule has 90 valence electrons. The lowest BCUT2D eigenvalue weighted by atomic mass is 10.1. The highest BCUT2D eigenvalue weighted by Crippen LogP contribution is 2.27. The molecule has 17 heavy (non-hydrogen) atoms. The third-order valence-corrected chi connectivity index (χ3v) is 3.46. The highest BCUT2D eigenvalue weighted by molar-refractivity contribution is 5.75. The molecular formula is C14H18N2O. The Morgan fingerprint density at radius 1 is 1.41 bits per heavy atom. The molecule has 1 atom stereocenters. The average Bonchev–Trinajstić information content (AvgIpc) is 2.82. The zero-order valence-corrected chi connectivity index (χ0v) is 10.2. The van der Waals surface area contributed by atoms with Crippen molar-refractivity contribution >= 4 is 11.0 Å². The molecule has 0 saturated carbocycles. The number of ether oxygens (including phenoxy) is 1. The summed E-state index contributed by atoms with van der Waals surface area (Å²) in [5.74, 6) is 0.993. The van der Waals surface area contributed by atoms with E-state index in [0.29, 0.717) is 0 Å². The molecule has 1 aliphatic heterocycles. The summed E-state index contributed by atoms with van der Waals surface area (Å²) in [5.41, 5.74) is 3.53. The minimum atomic E-state index is 0.168. The van der Waals surface area contributed by atoms with Gasteiger partial charge in [0.15, 0.2) is 0 Å². The molecule has 1 aliphatic rings. The van der Waals surface area contributed by atoms with Crippen LogP contribution in [0.3, 0.4) is 0 Å². The monoisotopic (exact) mass is 230 g/mol. The number of benzene rings is 1. The van der Waals surface area contributed by atoms with Gasteiger partial charge in [-0.3, -0.25) is 0 Å². The molecule has 3 rings (SSSR count).